The summed E-state index contributed by atoms with van der Waals surface area (Å²) in [4.78, 5) is 39.3. The molecule has 0 spiro atoms. The third-order valence-corrected chi connectivity index (χ3v) is 6.64. The summed E-state index contributed by atoms with van der Waals surface area (Å²) in [6.07, 6.45) is 0.622. The average Bonchev–Trinajstić information content (AvgIpc) is 2.85. The number of hydrogen-bond donors (Lipinski definition) is 2. The normalized spacial score (nSPS) is 17.6. The maximum Gasteiger partial charge on any atom is 0.255 e. The number of aromatic amines is 1. The minimum Gasteiger partial charge on any atom is -0.378 e. The van der Waals surface area contributed by atoms with Crippen LogP contribution in [0.25, 0.3) is 0 Å². The van der Waals surface area contributed by atoms with Crippen molar-refractivity contribution in [1.29, 1.82) is 0 Å². The van der Waals surface area contributed by atoms with Gasteiger partial charge >= 0.3 is 0 Å². The second-order valence-electron chi connectivity index (χ2n) is 9.23. The van der Waals surface area contributed by atoms with Crippen molar-refractivity contribution in [1.82, 2.24) is 25.1 Å². The Balaban J connectivity index is 1.23. The molecule has 2 aromatic rings. The van der Waals surface area contributed by atoms with Gasteiger partial charge in [-0.3, -0.25) is 19.5 Å². The molecule has 9 heteroatoms. The molecule has 0 radical (unpaired) electrons. The number of amides is 1. The topological polar surface area (TPSA) is 93.8 Å². The summed E-state index contributed by atoms with van der Waals surface area (Å²) in [5, 5.41) is 2.97. The molecule has 2 aliphatic heterocycles. The number of carbonyl (C=O) groups is 1. The van der Waals surface area contributed by atoms with E-state index in [9.17, 15) is 9.59 Å². The summed E-state index contributed by atoms with van der Waals surface area (Å²) in [6, 6.07) is 8.44. The Morgan fingerprint density at radius 1 is 1.06 bits per heavy atom. The van der Waals surface area contributed by atoms with Crippen molar-refractivity contribution in [3.63, 3.8) is 0 Å². The van der Waals surface area contributed by atoms with Crippen LogP contribution < -0.4 is 15.8 Å². The van der Waals surface area contributed by atoms with Crippen molar-refractivity contribution in [2.45, 2.75) is 32.9 Å². The zero-order valence-corrected chi connectivity index (χ0v) is 20.3. The van der Waals surface area contributed by atoms with Crippen LogP contribution in [0.3, 0.4) is 0 Å². The summed E-state index contributed by atoms with van der Waals surface area (Å²) in [7, 11) is 2.17. The molecule has 184 valence electrons. The number of ether oxygens (including phenoxy) is 1. The Bertz CT molecular complexity index is 1010. The Hall–Kier alpha value is -2.75. The first-order valence-electron chi connectivity index (χ1n) is 12.2. The molecule has 1 amide bonds. The van der Waals surface area contributed by atoms with Crippen LogP contribution in [0.2, 0.25) is 0 Å². The Morgan fingerprint density at radius 3 is 2.41 bits per heavy atom. The van der Waals surface area contributed by atoms with Crippen molar-refractivity contribution < 1.29 is 9.53 Å². The highest BCUT2D eigenvalue weighted by molar-refractivity contribution is 5.76. The number of H-pyrrole nitrogens is 1. The fraction of sp³-hybridized carbons (Fsp3) is 0.560. The van der Waals surface area contributed by atoms with Crippen molar-refractivity contribution in [3.8, 4) is 0 Å². The zero-order valence-electron chi connectivity index (χ0n) is 20.3. The van der Waals surface area contributed by atoms with Gasteiger partial charge < -0.3 is 19.9 Å². The van der Waals surface area contributed by atoms with Gasteiger partial charge in [0.1, 0.15) is 0 Å². The highest BCUT2D eigenvalue weighted by Crippen LogP contribution is 2.12. The highest BCUT2D eigenvalue weighted by atomic mass is 16.5. The molecule has 0 unspecified atom stereocenters. The van der Waals surface area contributed by atoms with Gasteiger partial charge in [0.25, 0.3) is 5.56 Å². The SMILES string of the molecule is Cc1nc(N2CCOCC2)[nH]c(=O)c1CCC(=O)NCc1ccc(CN2CCN(C)CC2)cc1. The predicted octanol–water partition coefficient (Wildman–Crippen LogP) is 0.911. The van der Waals surface area contributed by atoms with E-state index in [2.05, 4.69) is 56.4 Å². The van der Waals surface area contributed by atoms with Crippen molar-refractivity contribution in [2.24, 2.45) is 0 Å². The molecule has 9 nitrogen and oxygen atoms in total. The number of aromatic nitrogens is 2. The van der Waals surface area contributed by atoms with Gasteiger partial charge in [-0.1, -0.05) is 24.3 Å². The number of nitrogens with one attached hydrogen (secondary N) is 2. The minimum atomic E-state index is -0.169. The molecule has 4 rings (SSSR count). The highest BCUT2D eigenvalue weighted by Gasteiger charge is 2.17. The number of morpholine rings is 1. The molecule has 2 N–H and O–H groups in total. The predicted molar refractivity (Wildman–Crippen MR) is 132 cm³/mol. The van der Waals surface area contributed by atoms with Crippen molar-refractivity contribution in [2.75, 3.05) is 64.4 Å². The lowest BCUT2D eigenvalue weighted by Crippen LogP contribution is -2.43. The summed E-state index contributed by atoms with van der Waals surface area (Å²) in [6.45, 7) is 10.4. The maximum atomic E-state index is 12.6. The maximum absolute atomic E-state index is 12.6. The van der Waals surface area contributed by atoms with Crippen LogP contribution in [0, 0.1) is 6.92 Å². The molecule has 2 saturated heterocycles. The largest absolute Gasteiger partial charge is 0.378 e. The average molecular weight is 469 g/mol. The first kappa shape index (κ1) is 24.4. The number of nitrogens with zero attached hydrogens (tertiary/aromatic N) is 4. The van der Waals surface area contributed by atoms with Gasteiger partial charge in [0.05, 0.1) is 13.2 Å². The molecule has 0 saturated carbocycles. The van der Waals surface area contributed by atoms with Crippen LogP contribution in [0.15, 0.2) is 29.1 Å². The van der Waals surface area contributed by atoms with Crippen LogP contribution in [0.5, 0.6) is 0 Å². The van der Waals surface area contributed by atoms with Crippen LogP contribution in [-0.2, 0) is 29.0 Å². The zero-order chi connectivity index (χ0) is 23.9. The molecule has 34 heavy (non-hydrogen) atoms. The molecule has 1 aromatic heterocycles. The number of anilines is 1. The summed E-state index contributed by atoms with van der Waals surface area (Å²) in [5.41, 5.74) is 3.44. The van der Waals surface area contributed by atoms with Gasteiger partial charge in [0.15, 0.2) is 0 Å². The monoisotopic (exact) mass is 468 g/mol. The molecule has 2 aliphatic rings. The van der Waals surface area contributed by atoms with Crippen LogP contribution >= 0.6 is 0 Å². The van der Waals surface area contributed by atoms with E-state index in [1.807, 2.05) is 11.8 Å². The minimum absolute atomic E-state index is 0.0717. The number of hydrogen-bond acceptors (Lipinski definition) is 7. The quantitative estimate of drug-likeness (QED) is 0.595. The lowest BCUT2D eigenvalue weighted by atomic mass is 10.1. The second kappa shape index (κ2) is 11.6. The first-order chi connectivity index (χ1) is 16.5. The van der Waals surface area contributed by atoms with E-state index in [4.69, 9.17) is 4.74 Å². The van der Waals surface area contributed by atoms with Gasteiger partial charge in [-0.15, -0.1) is 0 Å². The van der Waals surface area contributed by atoms with Gasteiger partial charge in [-0.25, -0.2) is 4.98 Å². The molecule has 2 fully saturated rings. The van der Waals surface area contributed by atoms with Crippen LogP contribution in [0.4, 0.5) is 5.95 Å². The number of benzene rings is 1. The molecule has 3 heterocycles. The van der Waals surface area contributed by atoms with Gasteiger partial charge in [0, 0.05) is 70.0 Å². The number of rotatable bonds is 8. The summed E-state index contributed by atoms with van der Waals surface area (Å²) >= 11 is 0. The summed E-state index contributed by atoms with van der Waals surface area (Å²) in [5.74, 6) is 0.507. The van der Waals surface area contributed by atoms with Gasteiger partial charge in [-0.2, -0.15) is 0 Å². The fourth-order valence-corrected chi connectivity index (χ4v) is 4.37. The van der Waals surface area contributed by atoms with Crippen LogP contribution in [-0.4, -0.2) is 85.2 Å². The number of piperazine rings is 1. The fourth-order valence-electron chi connectivity index (χ4n) is 4.37. The second-order valence-corrected chi connectivity index (χ2v) is 9.23. The van der Waals surface area contributed by atoms with Gasteiger partial charge in [0.2, 0.25) is 11.9 Å². The Labute approximate surface area is 201 Å². The molecule has 0 atom stereocenters. The van der Waals surface area contributed by atoms with E-state index < -0.39 is 0 Å². The van der Waals surface area contributed by atoms with Crippen molar-refractivity contribution >= 4 is 11.9 Å². The van der Waals surface area contributed by atoms with Crippen molar-refractivity contribution in [3.05, 3.63) is 57.0 Å². The van der Waals surface area contributed by atoms with Gasteiger partial charge in [-0.05, 0) is 31.5 Å². The standard InChI is InChI=1S/C25H36N6O3/c1-19-22(24(33)28-25(27-19)31-13-15-34-16-14-31)7-8-23(32)26-17-20-3-5-21(6-4-20)18-30-11-9-29(2)10-12-30/h3-6H,7-18H2,1-2H3,(H,26,32)(H,27,28,33). The molecule has 0 bridgehead atoms. The Kier molecular flexibility index (Phi) is 8.31. The lowest BCUT2D eigenvalue weighted by molar-refractivity contribution is -0.121. The lowest BCUT2D eigenvalue weighted by Gasteiger charge is -2.32. The van der Waals surface area contributed by atoms with Crippen LogP contribution in [0.1, 0.15) is 28.8 Å². The molecule has 1 aromatic carbocycles. The van der Waals surface area contributed by atoms with E-state index in [1.54, 1.807) is 0 Å². The van der Waals surface area contributed by atoms with E-state index in [0.717, 1.165) is 38.3 Å². The third-order valence-electron chi connectivity index (χ3n) is 6.64. The molecule has 0 aliphatic carbocycles. The van der Waals surface area contributed by atoms with E-state index in [1.165, 1.54) is 5.56 Å². The Morgan fingerprint density at radius 2 is 1.74 bits per heavy atom. The number of aryl methyl sites for hydroxylation is 1. The number of carbonyl (C=O) groups excluding carboxylic acids is 1. The third kappa shape index (κ3) is 6.65. The van der Waals surface area contributed by atoms with E-state index in [0.29, 0.717) is 56.5 Å². The smallest absolute Gasteiger partial charge is 0.255 e. The molecular weight excluding hydrogens is 432 g/mol. The first-order valence-corrected chi connectivity index (χ1v) is 12.2. The number of likely N-dealkylation sites (N-methyl/N-ethyl adjacent to an activating group) is 1. The summed E-state index contributed by atoms with van der Waals surface area (Å²) < 4.78 is 5.36. The van der Waals surface area contributed by atoms with E-state index in [-0.39, 0.29) is 17.9 Å². The molecular formula is C25H36N6O3. The van der Waals surface area contributed by atoms with E-state index >= 15 is 0 Å².